The highest BCUT2D eigenvalue weighted by molar-refractivity contribution is 9.10. The van der Waals surface area contributed by atoms with E-state index >= 15 is 0 Å². The number of hydrogen-bond donors (Lipinski definition) is 1. The molecule has 0 unspecified atom stereocenters. The van der Waals surface area contributed by atoms with Crippen molar-refractivity contribution in [3.05, 3.63) is 34.3 Å². The second-order valence-corrected chi connectivity index (χ2v) is 7.12. The molecular formula is C11H17BrN2O2S. The van der Waals surface area contributed by atoms with Crippen molar-refractivity contribution in [2.45, 2.75) is 6.54 Å². The lowest BCUT2D eigenvalue weighted by Gasteiger charge is -2.11. The van der Waals surface area contributed by atoms with Gasteiger partial charge in [0.25, 0.3) is 0 Å². The highest BCUT2D eigenvalue weighted by atomic mass is 79.9. The normalized spacial score (nSPS) is 12.0. The smallest absolute Gasteiger partial charge is 0.214 e. The van der Waals surface area contributed by atoms with Gasteiger partial charge in [0.2, 0.25) is 10.0 Å². The minimum absolute atomic E-state index is 0.122. The van der Waals surface area contributed by atoms with Crippen LogP contribution < -0.4 is 5.32 Å². The van der Waals surface area contributed by atoms with Crippen molar-refractivity contribution in [2.24, 2.45) is 0 Å². The molecule has 4 nitrogen and oxygen atoms in total. The summed E-state index contributed by atoms with van der Waals surface area (Å²) in [5.41, 5.74) is 1.13. The van der Waals surface area contributed by atoms with Crippen LogP contribution in [0.4, 0.5) is 0 Å². The summed E-state index contributed by atoms with van der Waals surface area (Å²) in [5.74, 6) is 0.122. The van der Waals surface area contributed by atoms with Crippen LogP contribution in [0.5, 0.6) is 0 Å². The van der Waals surface area contributed by atoms with Crippen molar-refractivity contribution in [3.63, 3.8) is 0 Å². The molecule has 1 aromatic carbocycles. The van der Waals surface area contributed by atoms with E-state index in [4.69, 9.17) is 0 Å². The summed E-state index contributed by atoms with van der Waals surface area (Å²) < 4.78 is 25.2. The fourth-order valence-electron chi connectivity index (χ4n) is 1.22. The first-order valence-electron chi connectivity index (χ1n) is 5.27. The number of halogens is 1. The Labute approximate surface area is 111 Å². The zero-order chi connectivity index (χ0) is 12.9. The zero-order valence-corrected chi connectivity index (χ0v) is 12.4. The summed E-state index contributed by atoms with van der Waals surface area (Å²) in [6.07, 6.45) is 0. The molecule has 0 atom stereocenters. The van der Waals surface area contributed by atoms with Crippen LogP contribution in [-0.2, 0) is 16.6 Å². The summed E-state index contributed by atoms with van der Waals surface area (Å²) in [4.78, 5) is 0. The van der Waals surface area contributed by atoms with Crippen LogP contribution in [0.3, 0.4) is 0 Å². The Morgan fingerprint density at radius 2 is 1.82 bits per heavy atom. The third-order valence-electron chi connectivity index (χ3n) is 2.34. The number of benzene rings is 1. The van der Waals surface area contributed by atoms with Gasteiger partial charge in [-0.15, -0.1) is 0 Å². The van der Waals surface area contributed by atoms with E-state index in [1.807, 2.05) is 24.3 Å². The third kappa shape index (κ3) is 5.16. The Morgan fingerprint density at radius 3 is 2.35 bits per heavy atom. The van der Waals surface area contributed by atoms with E-state index < -0.39 is 10.0 Å². The van der Waals surface area contributed by atoms with Gasteiger partial charge in [-0.2, -0.15) is 0 Å². The molecule has 0 fully saturated rings. The van der Waals surface area contributed by atoms with Crippen LogP contribution >= 0.6 is 15.9 Å². The number of sulfonamides is 1. The Balaban J connectivity index is 2.32. The van der Waals surface area contributed by atoms with E-state index in [1.54, 1.807) is 14.1 Å². The summed E-state index contributed by atoms with van der Waals surface area (Å²) >= 11 is 3.36. The molecule has 0 saturated heterocycles. The van der Waals surface area contributed by atoms with Crippen LogP contribution in [0.1, 0.15) is 5.56 Å². The minimum Gasteiger partial charge on any atom is -0.312 e. The van der Waals surface area contributed by atoms with Gasteiger partial charge in [-0.3, -0.25) is 0 Å². The molecule has 0 amide bonds. The van der Waals surface area contributed by atoms with E-state index in [1.165, 1.54) is 4.31 Å². The van der Waals surface area contributed by atoms with Gasteiger partial charge >= 0.3 is 0 Å². The lowest BCUT2D eigenvalue weighted by Crippen LogP contribution is -2.30. The molecule has 0 radical (unpaired) electrons. The van der Waals surface area contributed by atoms with Crippen molar-refractivity contribution < 1.29 is 8.42 Å². The lowest BCUT2D eigenvalue weighted by atomic mass is 10.2. The predicted octanol–water partition coefficient (Wildman–Crippen LogP) is 1.43. The van der Waals surface area contributed by atoms with E-state index in [9.17, 15) is 8.42 Å². The number of nitrogens with zero attached hydrogens (tertiary/aromatic N) is 1. The molecular weight excluding hydrogens is 304 g/mol. The van der Waals surface area contributed by atoms with E-state index in [0.29, 0.717) is 13.1 Å². The third-order valence-corrected chi connectivity index (χ3v) is 4.70. The first-order chi connectivity index (χ1) is 7.92. The van der Waals surface area contributed by atoms with Gasteiger partial charge in [-0.05, 0) is 17.7 Å². The quantitative estimate of drug-likeness (QED) is 0.807. The fraction of sp³-hybridized carbons (Fsp3) is 0.455. The van der Waals surface area contributed by atoms with Crippen LogP contribution in [0.25, 0.3) is 0 Å². The molecule has 0 aromatic heterocycles. The first kappa shape index (κ1) is 14.6. The van der Waals surface area contributed by atoms with Crippen LogP contribution in [0.2, 0.25) is 0 Å². The molecule has 0 spiro atoms. The summed E-state index contributed by atoms with van der Waals surface area (Å²) in [5, 5.41) is 3.11. The molecule has 96 valence electrons. The number of hydrogen-bond acceptors (Lipinski definition) is 3. The number of nitrogens with one attached hydrogen (secondary N) is 1. The number of rotatable bonds is 6. The SMILES string of the molecule is CN(C)S(=O)(=O)CCNCc1ccc(Br)cc1. The fourth-order valence-corrected chi connectivity index (χ4v) is 2.25. The van der Waals surface area contributed by atoms with Crippen molar-refractivity contribution in [1.82, 2.24) is 9.62 Å². The van der Waals surface area contributed by atoms with E-state index in [2.05, 4.69) is 21.2 Å². The van der Waals surface area contributed by atoms with Crippen molar-refractivity contribution in [3.8, 4) is 0 Å². The van der Waals surface area contributed by atoms with Gasteiger partial charge in [0.1, 0.15) is 0 Å². The maximum Gasteiger partial charge on any atom is 0.214 e. The molecule has 17 heavy (non-hydrogen) atoms. The maximum absolute atomic E-state index is 11.5. The van der Waals surface area contributed by atoms with E-state index in [-0.39, 0.29) is 5.75 Å². The van der Waals surface area contributed by atoms with Crippen LogP contribution in [0.15, 0.2) is 28.7 Å². The molecule has 0 saturated carbocycles. The van der Waals surface area contributed by atoms with Crippen molar-refractivity contribution in [2.75, 3.05) is 26.4 Å². The molecule has 0 aliphatic rings. The minimum atomic E-state index is -3.10. The first-order valence-corrected chi connectivity index (χ1v) is 7.67. The predicted molar refractivity (Wildman–Crippen MR) is 73.3 cm³/mol. The average Bonchev–Trinajstić information content (AvgIpc) is 2.26. The molecule has 1 N–H and O–H groups in total. The summed E-state index contributed by atoms with van der Waals surface area (Å²) in [6.45, 7) is 1.13. The Bertz CT molecular complexity index is 443. The topological polar surface area (TPSA) is 49.4 Å². The molecule has 0 aliphatic heterocycles. The molecule has 6 heteroatoms. The maximum atomic E-state index is 11.5. The second-order valence-electron chi connectivity index (χ2n) is 3.90. The lowest BCUT2D eigenvalue weighted by molar-refractivity contribution is 0.517. The monoisotopic (exact) mass is 320 g/mol. The van der Waals surface area contributed by atoms with Gasteiger partial charge in [-0.25, -0.2) is 12.7 Å². The van der Waals surface area contributed by atoms with E-state index in [0.717, 1.165) is 10.0 Å². The Morgan fingerprint density at radius 1 is 1.24 bits per heavy atom. The van der Waals surface area contributed by atoms with Crippen molar-refractivity contribution >= 4 is 26.0 Å². The van der Waals surface area contributed by atoms with Crippen molar-refractivity contribution in [1.29, 1.82) is 0 Å². The summed E-state index contributed by atoms with van der Waals surface area (Å²) in [6, 6.07) is 7.93. The largest absolute Gasteiger partial charge is 0.312 e. The Hall–Kier alpha value is -0.430. The highest BCUT2D eigenvalue weighted by Crippen LogP contribution is 2.10. The van der Waals surface area contributed by atoms with Gasteiger partial charge in [0, 0.05) is 31.7 Å². The van der Waals surface area contributed by atoms with Crippen LogP contribution in [0, 0.1) is 0 Å². The second kappa shape index (κ2) is 6.49. The standard InChI is InChI=1S/C11H17BrN2O2S/c1-14(2)17(15,16)8-7-13-9-10-3-5-11(12)6-4-10/h3-6,13H,7-9H2,1-2H3. The van der Waals surface area contributed by atoms with Gasteiger partial charge < -0.3 is 5.32 Å². The molecule has 1 rings (SSSR count). The van der Waals surface area contributed by atoms with Gasteiger partial charge in [0.15, 0.2) is 0 Å². The average molecular weight is 321 g/mol. The van der Waals surface area contributed by atoms with Gasteiger partial charge in [0.05, 0.1) is 5.75 Å². The molecule has 1 aromatic rings. The van der Waals surface area contributed by atoms with Gasteiger partial charge in [-0.1, -0.05) is 28.1 Å². The highest BCUT2D eigenvalue weighted by Gasteiger charge is 2.12. The molecule has 0 aliphatic carbocycles. The molecule has 0 heterocycles. The summed E-state index contributed by atoms with van der Waals surface area (Å²) in [7, 11) is -0.00463. The van der Waals surface area contributed by atoms with Crippen LogP contribution in [-0.4, -0.2) is 39.1 Å². The molecule has 0 bridgehead atoms. The zero-order valence-electron chi connectivity index (χ0n) is 9.98. The Kier molecular flexibility index (Phi) is 5.58.